The summed E-state index contributed by atoms with van der Waals surface area (Å²) in [7, 11) is 0. The van der Waals surface area contributed by atoms with Crippen molar-refractivity contribution in [2.24, 2.45) is 5.73 Å². The van der Waals surface area contributed by atoms with E-state index in [0.717, 1.165) is 17.7 Å². The molecular formula is C11H18N2O. The summed E-state index contributed by atoms with van der Waals surface area (Å²) >= 11 is 0. The Morgan fingerprint density at radius 2 is 2.14 bits per heavy atom. The molecule has 0 saturated carbocycles. The Labute approximate surface area is 85.3 Å². The Hall–Kier alpha value is -1.09. The van der Waals surface area contributed by atoms with Crippen LogP contribution in [0.15, 0.2) is 12.1 Å². The highest BCUT2D eigenvalue weighted by atomic mass is 16.5. The molecule has 0 fully saturated rings. The van der Waals surface area contributed by atoms with E-state index >= 15 is 0 Å². The molecule has 3 heteroatoms. The van der Waals surface area contributed by atoms with Crippen molar-refractivity contribution in [2.45, 2.75) is 39.8 Å². The summed E-state index contributed by atoms with van der Waals surface area (Å²) in [6.07, 6.45) is 1.06. The lowest BCUT2D eigenvalue weighted by molar-refractivity contribution is 0.232. The molecule has 2 N–H and O–H groups in total. The highest BCUT2D eigenvalue weighted by Gasteiger charge is 2.03. The Morgan fingerprint density at radius 3 is 2.64 bits per heavy atom. The van der Waals surface area contributed by atoms with Gasteiger partial charge in [0.25, 0.3) is 0 Å². The van der Waals surface area contributed by atoms with Crippen LogP contribution >= 0.6 is 0 Å². The molecule has 0 radical (unpaired) electrons. The molecule has 1 rings (SSSR count). The first-order valence-electron chi connectivity index (χ1n) is 5.02. The number of pyridine rings is 1. The molecule has 1 aromatic heterocycles. The van der Waals surface area contributed by atoms with Gasteiger partial charge in [-0.3, -0.25) is 0 Å². The molecule has 3 nitrogen and oxygen atoms in total. The van der Waals surface area contributed by atoms with Gasteiger partial charge in [0, 0.05) is 18.3 Å². The summed E-state index contributed by atoms with van der Waals surface area (Å²) in [4.78, 5) is 4.36. The van der Waals surface area contributed by atoms with Crippen molar-refractivity contribution in [2.75, 3.05) is 0 Å². The third kappa shape index (κ3) is 3.00. The van der Waals surface area contributed by atoms with Crippen LogP contribution in [0.5, 0.6) is 5.88 Å². The van der Waals surface area contributed by atoms with Gasteiger partial charge in [-0.25, -0.2) is 4.98 Å². The summed E-state index contributed by atoms with van der Waals surface area (Å²) in [6.45, 7) is 6.58. The van der Waals surface area contributed by atoms with Crippen molar-refractivity contribution >= 4 is 0 Å². The Kier molecular flexibility index (Phi) is 3.89. The summed E-state index contributed by atoms with van der Waals surface area (Å²) in [6, 6.07) is 3.92. The highest BCUT2D eigenvalue weighted by Crippen LogP contribution is 2.14. The topological polar surface area (TPSA) is 48.1 Å². The Morgan fingerprint density at radius 1 is 1.43 bits per heavy atom. The fourth-order valence-electron chi connectivity index (χ4n) is 1.22. The van der Waals surface area contributed by atoms with Crippen molar-refractivity contribution in [3.63, 3.8) is 0 Å². The van der Waals surface area contributed by atoms with Gasteiger partial charge < -0.3 is 10.5 Å². The van der Waals surface area contributed by atoms with E-state index in [0.29, 0.717) is 12.4 Å². The fraction of sp³-hybridized carbons (Fsp3) is 0.545. The zero-order valence-electron chi connectivity index (χ0n) is 9.08. The lowest BCUT2D eigenvalue weighted by Gasteiger charge is -2.11. The highest BCUT2D eigenvalue weighted by molar-refractivity contribution is 5.25. The van der Waals surface area contributed by atoms with Gasteiger partial charge >= 0.3 is 0 Å². The third-order valence-corrected chi connectivity index (χ3v) is 1.87. The maximum Gasteiger partial charge on any atom is 0.214 e. The summed E-state index contributed by atoms with van der Waals surface area (Å²) < 4.78 is 5.53. The Bertz CT molecular complexity index is 275. The lowest BCUT2D eigenvalue weighted by Crippen LogP contribution is -2.09. The molecular weight excluding hydrogens is 176 g/mol. The monoisotopic (exact) mass is 194 g/mol. The van der Waals surface area contributed by atoms with E-state index in [9.17, 15) is 0 Å². The largest absolute Gasteiger partial charge is 0.475 e. The van der Waals surface area contributed by atoms with E-state index in [4.69, 9.17) is 10.5 Å². The van der Waals surface area contributed by atoms with E-state index in [-0.39, 0.29) is 6.10 Å². The smallest absolute Gasteiger partial charge is 0.214 e. The molecule has 0 atom stereocenters. The van der Waals surface area contributed by atoms with Gasteiger partial charge in [-0.2, -0.15) is 0 Å². The number of ether oxygens (including phenoxy) is 1. The number of aromatic nitrogens is 1. The van der Waals surface area contributed by atoms with Gasteiger partial charge in [-0.05, 0) is 31.9 Å². The van der Waals surface area contributed by atoms with Gasteiger partial charge in [0.2, 0.25) is 5.88 Å². The van der Waals surface area contributed by atoms with Crippen LogP contribution in [0.2, 0.25) is 0 Å². The van der Waals surface area contributed by atoms with Crippen molar-refractivity contribution in [3.05, 3.63) is 23.4 Å². The van der Waals surface area contributed by atoms with Crippen molar-refractivity contribution < 1.29 is 4.74 Å². The van der Waals surface area contributed by atoms with Crippen LogP contribution in [0.1, 0.15) is 32.0 Å². The van der Waals surface area contributed by atoms with E-state index in [1.165, 1.54) is 0 Å². The van der Waals surface area contributed by atoms with Crippen molar-refractivity contribution in [1.29, 1.82) is 0 Å². The predicted octanol–water partition coefficient (Wildman–Crippen LogP) is 1.89. The number of hydrogen-bond donors (Lipinski definition) is 1. The zero-order valence-corrected chi connectivity index (χ0v) is 9.08. The van der Waals surface area contributed by atoms with Crippen LogP contribution in [0.4, 0.5) is 0 Å². The number of nitrogens with two attached hydrogens (primary N) is 1. The average Bonchev–Trinajstić information content (AvgIpc) is 2.16. The molecule has 0 aromatic carbocycles. The van der Waals surface area contributed by atoms with E-state index in [1.54, 1.807) is 0 Å². The van der Waals surface area contributed by atoms with E-state index < -0.39 is 0 Å². The molecule has 0 bridgehead atoms. The van der Waals surface area contributed by atoms with Crippen LogP contribution < -0.4 is 10.5 Å². The van der Waals surface area contributed by atoms with Crippen LogP contribution in [0.3, 0.4) is 0 Å². The van der Waals surface area contributed by atoms with Crippen LogP contribution in [-0.2, 0) is 13.0 Å². The van der Waals surface area contributed by atoms with Crippen LogP contribution in [0.25, 0.3) is 0 Å². The molecule has 1 heterocycles. The normalized spacial score (nSPS) is 10.6. The van der Waals surface area contributed by atoms with Crippen molar-refractivity contribution in [1.82, 2.24) is 4.98 Å². The quantitative estimate of drug-likeness (QED) is 0.796. The lowest BCUT2D eigenvalue weighted by atomic mass is 10.2. The molecule has 0 aliphatic carbocycles. The first-order valence-corrected chi connectivity index (χ1v) is 5.02. The molecule has 0 aliphatic rings. The van der Waals surface area contributed by atoms with Gasteiger partial charge in [-0.15, -0.1) is 0 Å². The predicted molar refractivity (Wildman–Crippen MR) is 57.3 cm³/mol. The van der Waals surface area contributed by atoms with E-state index in [2.05, 4.69) is 11.9 Å². The summed E-state index contributed by atoms with van der Waals surface area (Å²) in [5.41, 5.74) is 7.70. The minimum Gasteiger partial charge on any atom is -0.475 e. The molecule has 0 aliphatic heterocycles. The maximum atomic E-state index is 5.59. The average molecular weight is 194 g/mol. The van der Waals surface area contributed by atoms with Gasteiger partial charge in [0.15, 0.2) is 0 Å². The number of aryl methyl sites for hydroxylation is 1. The summed E-state index contributed by atoms with van der Waals surface area (Å²) in [5.74, 6) is 0.680. The van der Waals surface area contributed by atoms with Crippen molar-refractivity contribution in [3.8, 4) is 5.88 Å². The molecule has 0 unspecified atom stereocenters. The molecule has 14 heavy (non-hydrogen) atoms. The van der Waals surface area contributed by atoms with Gasteiger partial charge in [0.1, 0.15) is 0 Å². The number of hydrogen-bond acceptors (Lipinski definition) is 3. The molecule has 0 saturated heterocycles. The minimum absolute atomic E-state index is 0.153. The number of rotatable bonds is 4. The second-order valence-electron chi connectivity index (χ2n) is 3.53. The molecule has 0 spiro atoms. The first-order chi connectivity index (χ1) is 6.65. The van der Waals surface area contributed by atoms with Crippen LogP contribution in [-0.4, -0.2) is 11.1 Å². The minimum atomic E-state index is 0.153. The van der Waals surface area contributed by atoms with Gasteiger partial charge in [-0.1, -0.05) is 6.92 Å². The van der Waals surface area contributed by atoms with Crippen LogP contribution in [0, 0.1) is 0 Å². The Balaban J connectivity index is 2.92. The third-order valence-electron chi connectivity index (χ3n) is 1.87. The fourth-order valence-corrected chi connectivity index (χ4v) is 1.22. The molecule has 0 amide bonds. The maximum absolute atomic E-state index is 5.59. The number of nitrogens with zero attached hydrogens (tertiary/aromatic N) is 1. The standard InChI is InChI=1S/C11H18N2O/c1-4-10-5-9(7-12)6-11(13-10)14-8(2)3/h5-6,8H,4,7,12H2,1-3H3. The summed E-state index contributed by atoms with van der Waals surface area (Å²) in [5, 5.41) is 0. The first kappa shape index (κ1) is 11.0. The van der Waals surface area contributed by atoms with Gasteiger partial charge in [0.05, 0.1) is 6.10 Å². The SMILES string of the molecule is CCc1cc(CN)cc(OC(C)C)n1. The van der Waals surface area contributed by atoms with E-state index in [1.807, 2.05) is 26.0 Å². The second kappa shape index (κ2) is 4.96. The second-order valence-corrected chi connectivity index (χ2v) is 3.53. The molecule has 1 aromatic rings. The molecule has 78 valence electrons. The zero-order chi connectivity index (χ0) is 10.6.